The van der Waals surface area contributed by atoms with E-state index in [0.29, 0.717) is 5.02 Å². The summed E-state index contributed by atoms with van der Waals surface area (Å²) in [6, 6.07) is 13.1. The van der Waals surface area contributed by atoms with Crippen molar-refractivity contribution < 1.29 is 4.39 Å². The first-order chi connectivity index (χ1) is 10.2. The van der Waals surface area contributed by atoms with Crippen LogP contribution in [0.4, 0.5) is 4.39 Å². The third-order valence-electron chi connectivity index (χ3n) is 3.53. The Labute approximate surface area is 131 Å². The fourth-order valence-electron chi connectivity index (χ4n) is 2.51. The predicted molar refractivity (Wildman–Crippen MR) is 87.4 cm³/mol. The van der Waals surface area contributed by atoms with E-state index >= 15 is 0 Å². The van der Waals surface area contributed by atoms with Crippen molar-refractivity contribution in [3.63, 3.8) is 0 Å². The number of hydrogen-bond acceptors (Lipinski definition) is 1. The van der Waals surface area contributed by atoms with Crippen molar-refractivity contribution in [3.8, 4) is 0 Å². The number of rotatable bonds is 6. The lowest BCUT2D eigenvalue weighted by molar-refractivity contribution is 0.613. The van der Waals surface area contributed by atoms with Crippen LogP contribution in [0.5, 0.6) is 0 Å². The number of hydrogen-bond donors (Lipinski definition) is 1. The molecule has 0 bridgehead atoms. The molecule has 0 radical (unpaired) electrons. The topological polar surface area (TPSA) is 12.0 Å². The van der Waals surface area contributed by atoms with Gasteiger partial charge in [0.05, 0.1) is 6.04 Å². The van der Waals surface area contributed by atoms with Gasteiger partial charge in [-0.2, -0.15) is 0 Å². The van der Waals surface area contributed by atoms with Crippen LogP contribution in [0.1, 0.15) is 43.0 Å². The molecule has 0 aliphatic rings. The molecule has 1 unspecified atom stereocenters. The zero-order valence-electron chi connectivity index (χ0n) is 12.5. The van der Waals surface area contributed by atoms with Gasteiger partial charge in [0.2, 0.25) is 0 Å². The smallest absolute Gasteiger partial charge is 0.124 e. The van der Waals surface area contributed by atoms with E-state index in [1.54, 1.807) is 6.07 Å². The summed E-state index contributed by atoms with van der Waals surface area (Å²) in [7, 11) is 0. The first kappa shape index (κ1) is 16.0. The second kappa shape index (κ2) is 7.58. The number of nitrogens with one attached hydrogen (secondary N) is 1. The standard InChI is InChI=1S/C18H21ClFN/c1-3-5-13-6-8-14(9-7-13)18(21-4-2)16-11-10-15(20)12-17(16)19/h6-12,18,21H,3-5H2,1-2H3. The van der Waals surface area contributed by atoms with Gasteiger partial charge in [-0.15, -0.1) is 0 Å². The van der Waals surface area contributed by atoms with Gasteiger partial charge < -0.3 is 5.32 Å². The summed E-state index contributed by atoms with van der Waals surface area (Å²) >= 11 is 6.21. The summed E-state index contributed by atoms with van der Waals surface area (Å²) in [4.78, 5) is 0. The molecule has 2 aromatic carbocycles. The van der Waals surface area contributed by atoms with E-state index in [9.17, 15) is 4.39 Å². The number of benzene rings is 2. The van der Waals surface area contributed by atoms with Crippen molar-refractivity contribution in [1.29, 1.82) is 0 Å². The first-order valence-corrected chi connectivity index (χ1v) is 7.80. The Kier molecular flexibility index (Phi) is 5.77. The van der Waals surface area contributed by atoms with E-state index in [0.717, 1.165) is 30.5 Å². The Balaban J connectivity index is 2.33. The highest BCUT2D eigenvalue weighted by Gasteiger charge is 2.16. The van der Waals surface area contributed by atoms with Gasteiger partial charge in [-0.3, -0.25) is 0 Å². The minimum absolute atomic E-state index is 0.0150. The van der Waals surface area contributed by atoms with Gasteiger partial charge in [-0.05, 0) is 41.8 Å². The molecule has 0 aliphatic heterocycles. The van der Waals surface area contributed by atoms with Crippen LogP contribution in [0.25, 0.3) is 0 Å². The Hall–Kier alpha value is -1.38. The third-order valence-corrected chi connectivity index (χ3v) is 3.86. The fraction of sp³-hybridized carbons (Fsp3) is 0.333. The van der Waals surface area contributed by atoms with E-state index in [1.807, 2.05) is 0 Å². The Bertz CT molecular complexity index is 580. The van der Waals surface area contributed by atoms with E-state index < -0.39 is 0 Å². The lowest BCUT2D eigenvalue weighted by Crippen LogP contribution is -2.22. The molecule has 0 amide bonds. The summed E-state index contributed by atoms with van der Waals surface area (Å²) in [5.41, 5.74) is 3.38. The fourth-order valence-corrected chi connectivity index (χ4v) is 2.79. The average Bonchev–Trinajstić information content (AvgIpc) is 2.47. The molecule has 2 rings (SSSR count). The van der Waals surface area contributed by atoms with Crippen LogP contribution in [0, 0.1) is 5.82 Å². The molecular formula is C18H21ClFN. The van der Waals surface area contributed by atoms with Gasteiger partial charge in [0.1, 0.15) is 5.82 Å². The highest BCUT2D eigenvalue weighted by Crippen LogP contribution is 2.29. The molecule has 1 atom stereocenters. The molecule has 0 fully saturated rings. The molecule has 0 spiro atoms. The Morgan fingerprint density at radius 1 is 1.10 bits per heavy atom. The van der Waals surface area contributed by atoms with Crippen LogP contribution in [0.15, 0.2) is 42.5 Å². The Morgan fingerprint density at radius 2 is 1.81 bits per heavy atom. The number of halogens is 2. The molecule has 2 aromatic rings. The normalized spacial score (nSPS) is 12.4. The quantitative estimate of drug-likeness (QED) is 0.780. The molecule has 112 valence electrons. The SMILES string of the molecule is CCCc1ccc(C(NCC)c2ccc(F)cc2Cl)cc1. The van der Waals surface area contributed by atoms with Crippen molar-refractivity contribution in [2.75, 3.05) is 6.54 Å². The van der Waals surface area contributed by atoms with Gasteiger partial charge in [-0.1, -0.05) is 62.2 Å². The summed E-state index contributed by atoms with van der Waals surface area (Å²) in [6.07, 6.45) is 2.23. The maximum Gasteiger partial charge on any atom is 0.124 e. The highest BCUT2D eigenvalue weighted by molar-refractivity contribution is 6.31. The molecule has 1 nitrogen and oxygen atoms in total. The van der Waals surface area contributed by atoms with Crippen LogP contribution < -0.4 is 5.32 Å². The minimum Gasteiger partial charge on any atom is -0.306 e. The lowest BCUT2D eigenvalue weighted by atomic mass is 9.96. The van der Waals surface area contributed by atoms with E-state index in [-0.39, 0.29) is 11.9 Å². The predicted octanol–water partition coefficient (Wildman–Crippen LogP) is 5.13. The largest absolute Gasteiger partial charge is 0.306 e. The zero-order valence-corrected chi connectivity index (χ0v) is 13.3. The van der Waals surface area contributed by atoms with Gasteiger partial charge >= 0.3 is 0 Å². The molecule has 3 heteroatoms. The molecule has 0 aromatic heterocycles. The van der Waals surface area contributed by atoms with E-state index in [1.165, 1.54) is 17.7 Å². The zero-order chi connectivity index (χ0) is 15.2. The van der Waals surface area contributed by atoms with Crippen molar-refractivity contribution in [1.82, 2.24) is 5.32 Å². The van der Waals surface area contributed by atoms with Crippen molar-refractivity contribution in [2.45, 2.75) is 32.7 Å². The summed E-state index contributed by atoms with van der Waals surface area (Å²) < 4.78 is 13.2. The van der Waals surface area contributed by atoms with Crippen LogP contribution in [-0.4, -0.2) is 6.54 Å². The second-order valence-electron chi connectivity index (χ2n) is 5.15. The molecule has 1 N–H and O–H groups in total. The van der Waals surface area contributed by atoms with Crippen LogP contribution in [0.3, 0.4) is 0 Å². The lowest BCUT2D eigenvalue weighted by Gasteiger charge is -2.20. The second-order valence-corrected chi connectivity index (χ2v) is 5.56. The van der Waals surface area contributed by atoms with Crippen LogP contribution in [-0.2, 0) is 6.42 Å². The molecular weight excluding hydrogens is 285 g/mol. The minimum atomic E-state index is -0.308. The van der Waals surface area contributed by atoms with Crippen LogP contribution in [0.2, 0.25) is 5.02 Å². The third kappa shape index (κ3) is 4.05. The maximum atomic E-state index is 13.2. The van der Waals surface area contributed by atoms with Gasteiger partial charge in [0, 0.05) is 5.02 Å². The van der Waals surface area contributed by atoms with Crippen LogP contribution >= 0.6 is 11.6 Å². The summed E-state index contributed by atoms with van der Waals surface area (Å²) in [6.45, 7) is 5.04. The molecule has 0 heterocycles. The molecule has 0 saturated heterocycles. The van der Waals surface area contributed by atoms with Gasteiger partial charge in [0.15, 0.2) is 0 Å². The summed E-state index contributed by atoms with van der Waals surface area (Å²) in [5.74, 6) is -0.308. The molecule has 0 aliphatic carbocycles. The monoisotopic (exact) mass is 305 g/mol. The van der Waals surface area contributed by atoms with E-state index in [2.05, 4.69) is 43.4 Å². The highest BCUT2D eigenvalue weighted by atomic mass is 35.5. The summed E-state index contributed by atoms with van der Waals surface area (Å²) in [5, 5.41) is 3.88. The number of aryl methyl sites for hydroxylation is 1. The van der Waals surface area contributed by atoms with Gasteiger partial charge in [0.25, 0.3) is 0 Å². The van der Waals surface area contributed by atoms with Crippen molar-refractivity contribution in [2.24, 2.45) is 0 Å². The van der Waals surface area contributed by atoms with Crippen molar-refractivity contribution >= 4 is 11.6 Å². The first-order valence-electron chi connectivity index (χ1n) is 7.42. The van der Waals surface area contributed by atoms with E-state index in [4.69, 9.17) is 11.6 Å². The van der Waals surface area contributed by atoms with Gasteiger partial charge in [-0.25, -0.2) is 4.39 Å². The average molecular weight is 306 g/mol. The van der Waals surface area contributed by atoms with Crippen molar-refractivity contribution in [3.05, 3.63) is 70.0 Å². The molecule has 0 saturated carbocycles. The maximum absolute atomic E-state index is 13.2. The Morgan fingerprint density at radius 3 is 2.38 bits per heavy atom. The molecule has 21 heavy (non-hydrogen) atoms.